The molecule has 0 radical (unpaired) electrons. The van der Waals surface area contributed by atoms with Crippen LogP contribution in [0.5, 0.6) is 0 Å². The fourth-order valence-electron chi connectivity index (χ4n) is 2.44. The predicted molar refractivity (Wildman–Crippen MR) is 77.9 cm³/mol. The third kappa shape index (κ3) is 2.13. The van der Waals surface area contributed by atoms with E-state index in [1.807, 2.05) is 0 Å². The quantitative estimate of drug-likeness (QED) is 0.602. The minimum Gasteiger partial charge on any atom is -0.276 e. The second-order valence-electron chi connectivity index (χ2n) is 4.60. The molecule has 2 nitrogen and oxygen atoms in total. The van der Waals surface area contributed by atoms with Crippen LogP contribution in [0.1, 0.15) is 12.8 Å². The molecule has 0 aromatic heterocycles. The van der Waals surface area contributed by atoms with Crippen molar-refractivity contribution in [1.82, 2.24) is 0 Å². The number of anilines is 1. The van der Waals surface area contributed by atoms with Crippen molar-refractivity contribution in [3.8, 4) is 0 Å². The molecule has 1 fully saturated rings. The highest BCUT2D eigenvalue weighted by molar-refractivity contribution is 6.41. The Morgan fingerprint density at radius 1 is 1.17 bits per heavy atom. The van der Waals surface area contributed by atoms with Crippen LogP contribution >= 0.6 is 34.8 Å². The van der Waals surface area contributed by atoms with Gasteiger partial charge in [-0.3, -0.25) is 5.43 Å². The molecule has 3 rings (SSSR count). The Morgan fingerprint density at radius 3 is 2.56 bits per heavy atom. The average Bonchev–Trinajstić information content (AvgIpc) is 2.63. The standard InChI is InChI=1S/C13H11Cl3N2/c14-8-5-10(15)13(11(16)6-8)18-17-12-4-7-2-1-3-9(7)12/h1-2,5-7,9,18H,3-4H2/b17-12-/t7-,9-/m1/s1. The Morgan fingerprint density at radius 2 is 1.89 bits per heavy atom. The zero-order valence-corrected chi connectivity index (χ0v) is 11.7. The van der Waals surface area contributed by atoms with Gasteiger partial charge in [0, 0.05) is 16.7 Å². The summed E-state index contributed by atoms with van der Waals surface area (Å²) in [5.74, 6) is 1.25. The molecule has 5 heteroatoms. The van der Waals surface area contributed by atoms with Crippen LogP contribution in [0.4, 0.5) is 5.69 Å². The number of rotatable bonds is 2. The summed E-state index contributed by atoms with van der Waals surface area (Å²) in [4.78, 5) is 0. The number of nitrogens with one attached hydrogen (secondary N) is 1. The van der Waals surface area contributed by atoms with E-state index in [9.17, 15) is 0 Å². The number of hydrogen-bond acceptors (Lipinski definition) is 2. The van der Waals surface area contributed by atoms with E-state index in [0.29, 0.717) is 32.6 Å². The van der Waals surface area contributed by atoms with Crippen LogP contribution in [-0.4, -0.2) is 5.71 Å². The van der Waals surface area contributed by atoms with E-state index < -0.39 is 0 Å². The fraction of sp³-hybridized carbons (Fsp3) is 0.308. The number of nitrogens with zero attached hydrogens (tertiary/aromatic N) is 1. The van der Waals surface area contributed by atoms with E-state index in [4.69, 9.17) is 34.8 Å². The lowest BCUT2D eigenvalue weighted by molar-refractivity contribution is 0.466. The van der Waals surface area contributed by atoms with Crippen molar-refractivity contribution in [3.05, 3.63) is 39.4 Å². The Bertz CT molecular complexity index is 528. The van der Waals surface area contributed by atoms with Crippen LogP contribution in [0.2, 0.25) is 15.1 Å². The Hall–Kier alpha value is -0.700. The number of hydrazone groups is 1. The number of allylic oxidation sites excluding steroid dienone is 2. The maximum atomic E-state index is 6.08. The van der Waals surface area contributed by atoms with Gasteiger partial charge >= 0.3 is 0 Å². The highest BCUT2D eigenvalue weighted by atomic mass is 35.5. The molecule has 2 atom stereocenters. The van der Waals surface area contributed by atoms with Crippen molar-refractivity contribution >= 4 is 46.2 Å². The fourth-order valence-corrected chi connectivity index (χ4v) is 3.34. The zero-order chi connectivity index (χ0) is 12.7. The summed E-state index contributed by atoms with van der Waals surface area (Å²) in [7, 11) is 0. The van der Waals surface area contributed by atoms with Crippen molar-refractivity contribution in [2.24, 2.45) is 16.9 Å². The van der Waals surface area contributed by atoms with E-state index >= 15 is 0 Å². The molecule has 0 bridgehead atoms. The number of benzene rings is 1. The second kappa shape index (κ2) is 4.76. The third-order valence-corrected chi connectivity index (χ3v) is 4.30. The lowest BCUT2D eigenvalue weighted by Crippen LogP contribution is -2.33. The first-order valence-corrected chi connectivity index (χ1v) is 6.92. The molecule has 1 aromatic carbocycles. The monoisotopic (exact) mass is 300 g/mol. The van der Waals surface area contributed by atoms with Gasteiger partial charge in [0.1, 0.15) is 0 Å². The zero-order valence-electron chi connectivity index (χ0n) is 9.46. The molecule has 0 unspecified atom stereocenters. The van der Waals surface area contributed by atoms with Crippen molar-refractivity contribution < 1.29 is 0 Å². The van der Waals surface area contributed by atoms with Gasteiger partial charge in [-0.05, 0) is 30.9 Å². The van der Waals surface area contributed by atoms with Crippen LogP contribution in [0.3, 0.4) is 0 Å². The third-order valence-electron chi connectivity index (χ3n) is 3.48. The summed E-state index contributed by atoms with van der Waals surface area (Å²) >= 11 is 18.0. The summed E-state index contributed by atoms with van der Waals surface area (Å²) in [5, 5.41) is 5.90. The summed E-state index contributed by atoms with van der Waals surface area (Å²) in [6, 6.07) is 3.30. The molecule has 2 aliphatic carbocycles. The molecular formula is C13H11Cl3N2. The Labute approximate surface area is 121 Å². The summed E-state index contributed by atoms with van der Waals surface area (Å²) in [6.45, 7) is 0. The van der Waals surface area contributed by atoms with Gasteiger partial charge in [-0.2, -0.15) is 5.10 Å². The maximum absolute atomic E-state index is 6.08. The lowest BCUT2D eigenvalue weighted by atomic mass is 9.74. The molecule has 0 spiro atoms. The van der Waals surface area contributed by atoms with E-state index in [1.54, 1.807) is 12.1 Å². The largest absolute Gasteiger partial charge is 0.276 e. The molecule has 0 amide bonds. The molecule has 0 heterocycles. The highest BCUT2D eigenvalue weighted by Gasteiger charge is 2.37. The normalized spacial score (nSPS) is 27.2. The minimum absolute atomic E-state index is 0.484. The smallest absolute Gasteiger partial charge is 0.0935 e. The molecule has 0 saturated heterocycles. The minimum atomic E-state index is 0.484. The first kappa shape index (κ1) is 12.3. The van der Waals surface area contributed by atoms with Gasteiger partial charge in [-0.1, -0.05) is 47.0 Å². The predicted octanol–water partition coefficient (Wildman–Crippen LogP) is 5.01. The molecule has 1 saturated carbocycles. The molecule has 2 aliphatic rings. The SMILES string of the molecule is Clc1cc(Cl)c(N/N=C2/C[C@H]3C=CC[C@@H]23)c(Cl)c1. The van der Waals surface area contributed by atoms with Crippen molar-refractivity contribution in [2.75, 3.05) is 5.43 Å². The first-order chi connectivity index (χ1) is 8.65. The Kier molecular flexibility index (Phi) is 3.27. The van der Waals surface area contributed by atoms with Crippen molar-refractivity contribution in [2.45, 2.75) is 12.8 Å². The van der Waals surface area contributed by atoms with Gasteiger partial charge < -0.3 is 0 Å². The van der Waals surface area contributed by atoms with Crippen LogP contribution < -0.4 is 5.43 Å². The van der Waals surface area contributed by atoms with E-state index in [2.05, 4.69) is 22.7 Å². The van der Waals surface area contributed by atoms with Crippen molar-refractivity contribution in [1.29, 1.82) is 0 Å². The Balaban J connectivity index is 1.76. The van der Waals surface area contributed by atoms with Crippen LogP contribution in [0, 0.1) is 11.8 Å². The average molecular weight is 302 g/mol. The van der Waals surface area contributed by atoms with Gasteiger partial charge in [0.15, 0.2) is 0 Å². The summed E-state index contributed by atoms with van der Waals surface area (Å²) in [5.41, 5.74) is 4.76. The van der Waals surface area contributed by atoms with Crippen LogP contribution in [0.15, 0.2) is 29.4 Å². The molecular weight excluding hydrogens is 291 g/mol. The highest BCUT2D eigenvalue weighted by Crippen LogP contribution is 2.41. The van der Waals surface area contributed by atoms with Crippen molar-refractivity contribution in [3.63, 3.8) is 0 Å². The van der Waals surface area contributed by atoms with E-state index in [-0.39, 0.29) is 0 Å². The first-order valence-electron chi connectivity index (χ1n) is 5.79. The number of fused-ring (bicyclic) bond motifs is 1. The topological polar surface area (TPSA) is 24.4 Å². The second-order valence-corrected chi connectivity index (χ2v) is 5.85. The number of hydrogen-bond donors (Lipinski definition) is 1. The molecule has 18 heavy (non-hydrogen) atoms. The van der Waals surface area contributed by atoms with Gasteiger partial charge in [0.2, 0.25) is 0 Å². The molecule has 1 N–H and O–H groups in total. The molecule has 94 valence electrons. The molecule has 1 aromatic rings. The number of halogens is 3. The van der Waals surface area contributed by atoms with Crippen LogP contribution in [0.25, 0.3) is 0 Å². The van der Waals surface area contributed by atoms with Gasteiger partial charge in [-0.25, -0.2) is 0 Å². The van der Waals surface area contributed by atoms with E-state index in [1.165, 1.54) is 5.71 Å². The summed E-state index contributed by atoms with van der Waals surface area (Å²) in [6.07, 6.45) is 6.61. The van der Waals surface area contributed by atoms with Gasteiger partial charge in [0.05, 0.1) is 15.7 Å². The molecule has 0 aliphatic heterocycles. The van der Waals surface area contributed by atoms with Gasteiger partial charge in [-0.15, -0.1) is 0 Å². The van der Waals surface area contributed by atoms with Crippen LogP contribution in [-0.2, 0) is 0 Å². The maximum Gasteiger partial charge on any atom is 0.0935 e. The summed E-state index contributed by atoms with van der Waals surface area (Å²) < 4.78 is 0. The van der Waals surface area contributed by atoms with E-state index in [0.717, 1.165) is 12.8 Å². The lowest BCUT2D eigenvalue weighted by Gasteiger charge is -2.32. The van der Waals surface area contributed by atoms with Gasteiger partial charge in [0.25, 0.3) is 0 Å².